The second-order valence-electron chi connectivity index (χ2n) is 4.30. The fraction of sp³-hybridized carbons (Fsp3) is 0.727. The summed E-state index contributed by atoms with van der Waals surface area (Å²) >= 11 is 0. The molecule has 1 aliphatic rings. The molecule has 1 heteroatoms. The van der Waals surface area contributed by atoms with Crippen LogP contribution in [0.5, 0.6) is 0 Å². The van der Waals surface area contributed by atoms with E-state index in [2.05, 4.69) is 26.8 Å². The van der Waals surface area contributed by atoms with Gasteiger partial charge in [0.25, 0.3) is 0 Å². The second-order valence-corrected chi connectivity index (χ2v) is 4.30. The molecule has 0 heterocycles. The lowest BCUT2D eigenvalue weighted by molar-refractivity contribution is -0.137. The molecule has 0 amide bonds. The Morgan fingerprint density at radius 1 is 1.58 bits per heavy atom. The van der Waals surface area contributed by atoms with Gasteiger partial charge < -0.3 is 0 Å². The summed E-state index contributed by atoms with van der Waals surface area (Å²) in [7, 11) is 0. The normalized spacial score (nSPS) is 28.1. The van der Waals surface area contributed by atoms with Gasteiger partial charge in [0.15, 0.2) is 0 Å². The Labute approximate surface area is 74.9 Å². The Hall–Kier alpha value is -0.590. The van der Waals surface area contributed by atoms with E-state index in [1.807, 2.05) is 0 Å². The van der Waals surface area contributed by atoms with Crippen LogP contribution in [-0.4, -0.2) is 5.78 Å². The lowest BCUT2D eigenvalue weighted by Gasteiger charge is -2.36. The van der Waals surface area contributed by atoms with Crippen molar-refractivity contribution in [1.29, 1.82) is 0 Å². The second kappa shape index (κ2) is 3.42. The van der Waals surface area contributed by atoms with Crippen LogP contribution in [0.1, 0.15) is 46.5 Å². The Kier molecular flexibility index (Phi) is 2.71. The molecule has 1 atom stereocenters. The quantitative estimate of drug-likeness (QED) is 0.589. The van der Waals surface area contributed by atoms with Gasteiger partial charge in [-0.25, -0.2) is 0 Å². The molecule has 12 heavy (non-hydrogen) atoms. The topological polar surface area (TPSA) is 17.1 Å². The molecule has 1 rings (SSSR count). The van der Waals surface area contributed by atoms with Gasteiger partial charge in [0, 0.05) is 11.8 Å². The van der Waals surface area contributed by atoms with Crippen LogP contribution >= 0.6 is 0 Å². The molecule has 1 fully saturated rings. The summed E-state index contributed by atoms with van der Waals surface area (Å²) in [4.78, 5) is 11.2. The van der Waals surface area contributed by atoms with Crippen LogP contribution in [0.4, 0.5) is 0 Å². The summed E-state index contributed by atoms with van der Waals surface area (Å²) in [5, 5.41) is 0. The third-order valence-corrected chi connectivity index (χ3v) is 2.83. The van der Waals surface area contributed by atoms with Crippen molar-refractivity contribution in [2.45, 2.75) is 46.5 Å². The summed E-state index contributed by atoms with van der Waals surface area (Å²) in [6.45, 7) is 6.30. The van der Waals surface area contributed by atoms with Gasteiger partial charge in [0.1, 0.15) is 5.78 Å². The number of carbonyl (C=O) groups is 1. The van der Waals surface area contributed by atoms with Crippen LogP contribution in [0.15, 0.2) is 11.6 Å². The van der Waals surface area contributed by atoms with Crippen molar-refractivity contribution in [2.24, 2.45) is 5.41 Å². The Balaban J connectivity index is 2.32. The number of allylic oxidation sites excluding steroid dienone is 2. The number of hydrogen-bond donors (Lipinski definition) is 0. The molecule has 1 saturated carbocycles. The molecular weight excluding hydrogens is 148 g/mol. The van der Waals surface area contributed by atoms with E-state index >= 15 is 0 Å². The molecule has 0 aromatic carbocycles. The van der Waals surface area contributed by atoms with Crippen LogP contribution in [0, 0.1) is 5.41 Å². The third-order valence-electron chi connectivity index (χ3n) is 2.83. The maximum Gasteiger partial charge on any atom is 0.138 e. The number of ketones is 1. The van der Waals surface area contributed by atoms with Crippen LogP contribution in [0.25, 0.3) is 0 Å². The number of carbonyl (C=O) groups excluding carboxylic acids is 1. The van der Waals surface area contributed by atoms with Gasteiger partial charge >= 0.3 is 0 Å². The van der Waals surface area contributed by atoms with E-state index in [1.165, 1.54) is 5.57 Å². The average Bonchev–Trinajstić information content (AvgIpc) is 2.01. The molecule has 1 unspecified atom stereocenters. The van der Waals surface area contributed by atoms with Crippen molar-refractivity contribution in [1.82, 2.24) is 0 Å². The van der Waals surface area contributed by atoms with Crippen molar-refractivity contribution in [3.8, 4) is 0 Å². The van der Waals surface area contributed by atoms with Gasteiger partial charge in [0.05, 0.1) is 0 Å². The van der Waals surface area contributed by atoms with E-state index in [1.54, 1.807) is 0 Å². The zero-order chi connectivity index (χ0) is 9.19. The Bertz CT molecular complexity index is 211. The maximum atomic E-state index is 11.2. The summed E-state index contributed by atoms with van der Waals surface area (Å²) in [5.41, 5.74) is 1.39. The van der Waals surface area contributed by atoms with E-state index in [-0.39, 0.29) is 5.41 Å². The van der Waals surface area contributed by atoms with E-state index in [0.29, 0.717) is 5.78 Å². The Morgan fingerprint density at radius 3 is 2.58 bits per heavy atom. The molecule has 0 aliphatic heterocycles. The van der Waals surface area contributed by atoms with Gasteiger partial charge in [-0.1, -0.05) is 18.6 Å². The number of Topliss-reactive ketones (excluding diaryl/α,β-unsaturated/α-hetero) is 1. The standard InChI is InChI=1S/C11H18O/c1-9(2)5-4-7-11(3)8-6-10(11)12/h5H,4,6-8H2,1-3H3. The van der Waals surface area contributed by atoms with Crippen molar-refractivity contribution in [2.75, 3.05) is 0 Å². The molecule has 0 spiro atoms. The Morgan fingerprint density at radius 2 is 2.25 bits per heavy atom. The first kappa shape index (κ1) is 9.50. The fourth-order valence-corrected chi connectivity index (χ4v) is 1.60. The minimum Gasteiger partial charge on any atom is -0.299 e. The molecule has 1 aliphatic carbocycles. The van der Waals surface area contributed by atoms with E-state index in [4.69, 9.17) is 0 Å². The minimum atomic E-state index is 0.0337. The molecule has 0 saturated heterocycles. The van der Waals surface area contributed by atoms with Crippen LogP contribution in [-0.2, 0) is 4.79 Å². The lowest BCUT2D eigenvalue weighted by Crippen LogP contribution is -2.37. The number of rotatable bonds is 3. The monoisotopic (exact) mass is 166 g/mol. The van der Waals surface area contributed by atoms with Crippen molar-refractivity contribution in [3.63, 3.8) is 0 Å². The molecule has 0 radical (unpaired) electrons. The first-order valence-electron chi connectivity index (χ1n) is 4.71. The van der Waals surface area contributed by atoms with E-state index < -0.39 is 0 Å². The summed E-state index contributed by atoms with van der Waals surface area (Å²) in [6.07, 6.45) is 6.23. The van der Waals surface area contributed by atoms with Crippen LogP contribution in [0.2, 0.25) is 0 Å². The fourth-order valence-electron chi connectivity index (χ4n) is 1.60. The molecule has 68 valence electrons. The van der Waals surface area contributed by atoms with Gasteiger partial charge in [-0.15, -0.1) is 0 Å². The first-order valence-corrected chi connectivity index (χ1v) is 4.71. The van der Waals surface area contributed by atoms with Crippen molar-refractivity contribution in [3.05, 3.63) is 11.6 Å². The van der Waals surface area contributed by atoms with Crippen molar-refractivity contribution < 1.29 is 4.79 Å². The highest BCUT2D eigenvalue weighted by atomic mass is 16.1. The highest BCUT2D eigenvalue weighted by Crippen LogP contribution is 2.40. The van der Waals surface area contributed by atoms with Gasteiger partial charge in [-0.3, -0.25) is 4.79 Å². The average molecular weight is 166 g/mol. The smallest absolute Gasteiger partial charge is 0.138 e. The summed E-state index contributed by atoms with van der Waals surface area (Å²) in [6, 6.07) is 0. The zero-order valence-corrected chi connectivity index (χ0v) is 8.31. The molecule has 0 bridgehead atoms. The van der Waals surface area contributed by atoms with E-state index in [9.17, 15) is 4.79 Å². The SMILES string of the molecule is CC(C)=CCCC1(C)CCC1=O. The molecule has 0 aromatic heterocycles. The lowest BCUT2D eigenvalue weighted by atomic mass is 9.66. The summed E-state index contributed by atoms with van der Waals surface area (Å²) in [5.74, 6) is 0.463. The van der Waals surface area contributed by atoms with E-state index in [0.717, 1.165) is 25.7 Å². The highest BCUT2D eigenvalue weighted by Gasteiger charge is 2.40. The molecular formula is C11H18O. The van der Waals surface area contributed by atoms with Crippen LogP contribution < -0.4 is 0 Å². The largest absolute Gasteiger partial charge is 0.299 e. The molecule has 1 nitrogen and oxygen atoms in total. The summed E-state index contributed by atoms with van der Waals surface area (Å²) < 4.78 is 0. The minimum absolute atomic E-state index is 0.0337. The third kappa shape index (κ3) is 1.96. The zero-order valence-electron chi connectivity index (χ0n) is 8.31. The molecule has 0 N–H and O–H groups in total. The maximum absolute atomic E-state index is 11.2. The van der Waals surface area contributed by atoms with Crippen molar-refractivity contribution >= 4 is 5.78 Å². The number of hydrogen-bond acceptors (Lipinski definition) is 1. The van der Waals surface area contributed by atoms with Crippen LogP contribution in [0.3, 0.4) is 0 Å². The first-order chi connectivity index (χ1) is 5.54. The van der Waals surface area contributed by atoms with Gasteiger partial charge in [-0.2, -0.15) is 0 Å². The molecule has 0 aromatic rings. The predicted octanol–water partition coefficient (Wildman–Crippen LogP) is 3.10. The predicted molar refractivity (Wildman–Crippen MR) is 51.0 cm³/mol. The van der Waals surface area contributed by atoms with Gasteiger partial charge in [0.2, 0.25) is 0 Å². The van der Waals surface area contributed by atoms with Gasteiger partial charge in [-0.05, 0) is 33.1 Å². The highest BCUT2D eigenvalue weighted by molar-refractivity contribution is 5.89.